The number of nitrogens with zero attached hydrogens (tertiary/aromatic N) is 2. The second-order valence-corrected chi connectivity index (χ2v) is 13.2. The monoisotopic (exact) mass is 651 g/mol. The lowest BCUT2D eigenvalue weighted by Gasteiger charge is -2.35. The third-order valence-electron chi connectivity index (χ3n) is 7.26. The van der Waals surface area contributed by atoms with E-state index in [-0.39, 0.29) is 28.9 Å². The molecule has 0 aliphatic carbocycles. The van der Waals surface area contributed by atoms with Crippen molar-refractivity contribution in [2.45, 2.75) is 30.9 Å². The van der Waals surface area contributed by atoms with Crippen LogP contribution in [0, 0.1) is 6.92 Å². The summed E-state index contributed by atoms with van der Waals surface area (Å²) < 4.78 is 34.9. The van der Waals surface area contributed by atoms with Crippen molar-refractivity contribution >= 4 is 50.7 Å². The number of sulfonamides is 1. The third kappa shape index (κ3) is 7.42. The third-order valence-corrected chi connectivity index (χ3v) is 9.65. The number of nitrogens with one attached hydrogen (secondary N) is 1. The number of rotatable bonds is 10. The molecule has 1 heterocycles. The van der Waals surface area contributed by atoms with Crippen LogP contribution in [0.5, 0.6) is 5.75 Å². The van der Waals surface area contributed by atoms with Crippen molar-refractivity contribution < 1.29 is 22.7 Å². The Morgan fingerprint density at radius 3 is 2.39 bits per heavy atom. The Labute approximate surface area is 267 Å². The number of benzene rings is 4. The Morgan fingerprint density at radius 2 is 1.66 bits per heavy atom. The highest BCUT2D eigenvalue weighted by atomic mass is 35.5. The van der Waals surface area contributed by atoms with Crippen molar-refractivity contribution in [2.75, 3.05) is 24.5 Å². The summed E-state index contributed by atoms with van der Waals surface area (Å²) in [5, 5.41) is 3.57. The first kappa shape index (κ1) is 31.5. The highest BCUT2D eigenvalue weighted by molar-refractivity contribution is 7.89. The molecule has 0 radical (unpaired) electrons. The molecule has 1 atom stereocenters. The molecular weight excluding hydrogens is 621 g/mol. The summed E-state index contributed by atoms with van der Waals surface area (Å²) in [4.78, 5) is 28.6. The molecule has 0 aromatic heterocycles. The first-order valence-corrected chi connectivity index (χ1v) is 16.2. The van der Waals surface area contributed by atoms with Crippen LogP contribution in [-0.4, -0.2) is 50.3 Å². The predicted octanol–water partition coefficient (Wildman–Crippen LogP) is 5.65. The summed E-state index contributed by atoms with van der Waals surface area (Å²) in [7, 11) is -4.14. The van der Waals surface area contributed by atoms with E-state index < -0.39 is 28.6 Å². The number of ether oxygens (including phenoxy) is 1. The zero-order valence-electron chi connectivity index (χ0n) is 24.0. The number of fused-ring (bicyclic) bond motifs is 1. The van der Waals surface area contributed by atoms with Crippen molar-refractivity contribution in [1.82, 2.24) is 9.62 Å². The molecule has 0 saturated heterocycles. The summed E-state index contributed by atoms with van der Waals surface area (Å²) in [6.07, 6.45) is -0.352. The lowest BCUT2D eigenvalue weighted by Crippen LogP contribution is -2.53. The van der Waals surface area contributed by atoms with E-state index in [0.29, 0.717) is 35.0 Å². The maximum absolute atomic E-state index is 14.0. The van der Waals surface area contributed by atoms with E-state index in [2.05, 4.69) is 5.32 Å². The van der Waals surface area contributed by atoms with Crippen molar-refractivity contribution in [2.24, 2.45) is 0 Å². The molecule has 4 aromatic rings. The van der Waals surface area contributed by atoms with Crippen LogP contribution in [0.3, 0.4) is 0 Å². The molecule has 1 aliphatic rings. The van der Waals surface area contributed by atoms with Crippen LogP contribution in [0.25, 0.3) is 0 Å². The van der Waals surface area contributed by atoms with Gasteiger partial charge >= 0.3 is 0 Å². The number of carbonyl (C=O) groups is 2. The van der Waals surface area contributed by atoms with Gasteiger partial charge in [-0.05, 0) is 60.9 Å². The minimum absolute atomic E-state index is 0.0408. The molecule has 1 aliphatic heterocycles. The average molecular weight is 653 g/mol. The lowest BCUT2D eigenvalue weighted by molar-refractivity contribution is -0.128. The van der Waals surface area contributed by atoms with Crippen LogP contribution in [-0.2, 0) is 32.6 Å². The molecule has 5 rings (SSSR count). The fourth-order valence-electron chi connectivity index (χ4n) is 4.86. The molecule has 11 heteroatoms. The number of halogens is 2. The average Bonchev–Trinajstić information content (AvgIpc) is 3.02. The lowest BCUT2D eigenvalue weighted by atomic mass is 10.1. The van der Waals surface area contributed by atoms with Crippen LogP contribution < -0.4 is 15.0 Å². The maximum Gasteiger partial charge on any atom is 0.262 e. The van der Waals surface area contributed by atoms with Gasteiger partial charge < -0.3 is 15.0 Å². The zero-order chi connectivity index (χ0) is 31.3. The summed E-state index contributed by atoms with van der Waals surface area (Å²) in [5.41, 5.74) is 2.90. The van der Waals surface area contributed by atoms with Gasteiger partial charge in [0.2, 0.25) is 15.9 Å². The highest BCUT2D eigenvalue weighted by Crippen LogP contribution is 2.34. The first-order valence-electron chi connectivity index (χ1n) is 14.0. The van der Waals surface area contributed by atoms with Gasteiger partial charge in [0.15, 0.2) is 6.10 Å². The molecule has 0 fully saturated rings. The van der Waals surface area contributed by atoms with Crippen LogP contribution in [0.4, 0.5) is 5.69 Å². The maximum atomic E-state index is 14.0. The number of amides is 2. The van der Waals surface area contributed by atoms with E-state index >= 15 is 0 Å². The Balaban J connectivity index is 1.39. The second-order valence-electron chi connectivity index (χ2n) is 10.4. The van der Waals surface area contributed by atoms with Gasteiger partial charge in [-0.15, -0.1) is 0 Å². The fraction of sp³-hybridized carbons (Fsp3) is 0.212. The van der Waals surface area contributed by atoms with Crippen LogP contribution >= 0.6 is 23.2 Å². The van der Waals surface area contributed by atoms with Gasteiger partial charge in [0, 0.05) is 23.1 Å². The summed E-state index contributed by atoms with van der Waals surface area (Å²) in [6.45, 7) is 1.48. The van der Waals surface area contributed by atoms with Crippen molar-refractivity contribution in [1.29, 1.82) is 0 Å². The first-order chi connectivity index (χ1) is 21.1. The van der Waals surface area contributed by atoms with Gasteiger partial charge in [0.25, 0.3) is 5.91 Å². The van der Waals surface area contributed by atoms with E-state index in [1.807, 2.05) is 37.3 Å². The molecule has 2 amide bonds. The van der Waals surface area contributed by atoms with Gasteiger partial charge in [-0.3, -0.25) is 9.59 Å². The molecule has 4 aromatic carbocycles. The van der Waals surface area contributed by atoms with Gasteiger partial charge in [0.1, 0.15) is 5.75 Å². The fourth-order valence-corrected chi connectivity index (χ4v) is 6.69. The highest BCUT2D eigenvalue weighted by Gasteiger charge is 2.36. The summed E-state index contributed by atoms with van der Waals surface area (Å²) in [5.74, 6) is -0.544. The quantitative estimate of drug-likeness (QED) is 0.239. The Bertz CT molecular complexity index is 1750. The molecular formula is C33H31Cl2N3O5S. The number of anilines is 1. The van der Waals surface area contributed by atoms with E-state index in [1.54, 1.807) is 48.5 Å². The minimum atomic E-state index is -4.14. The molecule has 0 bridgehead atoms. The van der Waals surface area contributed by atoms with Gasteiger partial charge in [-0.1, -0.05) is 89.4 Å². The van der Waals surface area contributed by atoms with Gasteiger partial charge in [-0.2, -0.15) is 4.31 Å². The molecule has 1 N–H and O–H groups in total. The van der Waals surface area contributed by atoms with E-state index in [9.17, 15) is 18.0 Å². The topological polar surface area (TPSA) is 96.0 Å². The smallest absolute Gasteiger partial charge is 0.262 e. The SMILES string of the molecule is Cc1ccc(S(=O)(=O)N(CC(=O)N2CC(C(=O)NCCc3ccccc3)Oc3ccccc32)Cc2ccc(Cl)cc2Cl)cc1. The van der Waals surface area contributed by atoms with Crippen LogP contribution in [0.15, 0.2) is 102 Å². The van der Waals surface area contributed by atoms with Gasteiger partial charge in [0.05, 0.1) is 23.7 Å². The Hall–Kier alpha value is -3.89. The van der Waals surface area contributed by atoms with E-state index in [1.165, 1.54) is 23.1 Å². The van der Waals surface area contributed by atoms with E-state index in [0.717, 1.165) is 15.4 Å². The van der Waals surface area contributed by atoms with Crippen molar-refractivity contribution in [3.63, 3.8) is 0 Å². The van der Waals surface area contributed by atoms with E-state index in [4.69, 9.17) is 27.9 Å². The number of aryl methyl sites for hydroxylation is 1. The minimum Gasteiger partial charge on any atom is -0.477 e. The number of carbonyl (C=O) groups excluding carboxylic acids is 2. The molecule has 228 valence electrons. The van der Waals surface area contributed by atoms with Crippen LogP contribution in [0.1, 0.15) is 16.7 Å². The largest absolute Gasteiger partial charge is 0.477 e. The predicted molar refractivity (Wildman–Crippen MR) is 172 cm³/mol. The molecule has 44 heavy (non-hydrogen) atoms. The van der Waals surface area contributed by atoms with Crippen LogP contribution in [0.2, 0.25) is 10.0 Å². The molecule has 1 unspecified atom stereocenters. The molecule has 0 spiro atoms. The number of hydrogen-bond donors (Lipinski definition) is 1. The summed E-state index contributed by atoms with van der Waals surface area (Å²) in [6, 6.07) is 27.8. The molecule has 0 saturated carbocycles. The Kier molecular flexibility index (Phi) is 9.90. The Morgan fingerprint density at radius 1 is 0.955 bits per heavy atom. The van der Waals surface area contributed by atoms with Crippen molar-refractivity contribution in [3.8, 4) is 5.75 Å². The molecule has 8 nitrogen and oxygen atoms in total. The second kappa shape index (κ2) is 13.8. The standard InChI is InChI=1S/C33H31Cl2N3O5S/c1-23-11-15-27(16-12-23)44(41,42)37(20-25-13-14-26(34)19-28(25)35)22-32(39)38-21-31(43-30-10-6-5-9-29(30)38)33(40)36-18-17-24-7-3-2-4-8-24/h2-16,19,31H,17-18,20-22H2,1H3,(H,36,40). The normalized spacial score (nSPS) is 14.5. The number of hydrogen-bond acceptors (Lipinski definition) is 5. The van der Waals surface area contributed by atoms with Crippen molar-refractivity contribution in [3.05, 3.63) is 124 Å². The summed E-state index contributed by atoms with van der Waals surface area (Å²) >= 11 is 12.5. The van der Waals surface area contributed by atoms with Gasteiger partial charge in [-0.25, -0.2) is 8.42 Å². The number of para-hydroxylation sites is 2. The zero-order valence-corrected chi connectivity index (χ0v) is 26.3.